The van der Waals surface area contributed by atoms with E-state index in [-0.39, 0.29) is 5.82 Å². The zero-order valence-corrected chi connectivity index (χ0v) is 10.5. The minimum absolute atomic E-state index is 0.151. The molecule has 0 nitrogen and oxygen atoms in total. The van der Waals surface area contributed by atoms with Gasteiger partial charge in [-0.2, -0.15) is 0 Å². The Balaban J connectivity index is 2.80. The van der Waals surface area contributed by atoms with Crippen molar-refractivity contribution in [1.82, 2.24) is 0 Å². The minimum Gasteiger partial charge on any atom is -0.206 e. The second-order valence-corrected chi connectivity index (χ2v) is 5.17. The van der Waals surface area contributed by atoms with Crippen molar-refractivity contribution in [2.75, 3.05) is 0 Å². The average molecular weight is 324 g/mol. The fourth-order valence-corrected chi connectivity index (χ4v) is 3.19. The normalized spacial score (nSPS) is 11.0. The summed E-state index contributed by atoms with van der Waals surface area (Å²) in [4.78, 5) is 1.14. The van der Waals surface area contributed by atoms with Crippen LogP contribution in [0, 0.1) is 5.82 Å². The molecule has 2 rings (SSSR count). The van der Waals surface area contributed by atoms with Gasteiger partial charge in [-0.05, 0) is 34.1 Å². The molecule has 0 radical (unpaired) electrons. The van der Waals surface area contributed by atoms with Crippen LogP contribution in [0.5, 0.6) is 0 Å². The van der Waals surface area contributed by atoms with E-state index >= 15 is 0 Å². The number of hydrogen-bond donors (Lipinski definition) is 0. The van der Waals surface area contributed by atoms with E-state index < -0.39 is 0 Å². The molecule has 0 spiro atoms. The van der Waals surface area contributed by atoms with Gasteiger partial charge in [-0.15, -0.1) is 11.3 Å². The van der Waals surface area contributed by atoms with E-state index in [1.54, 1.807) is 17.4 Å². The van der Waals surface area contributed by atoms with Crippen LogP contribution in [-0.4, -0.2) is 0 Å². The Labute approximate surface area is 96.0 Å². The Kier molecular flexibility index (Phi) is 2.72. The highest BCUT2D eigenvalue weighted by atomic mass is 79.9. The van der Waals surface area contributed by atoms with Gasteiger partial charge < -0.3 is 0 Å². The fourth-order valence-electron chi connectivity index (χ4n) is 1.17. The Hall–Kier alpha value is 0.0700. The lowest BCUT2D eigenvalue weighted by atomic mass is 10.2. The molecular weight excluding hydrogens is 319 g/mol. The number of hydrogen-bond acceptors (Lipinski definition) is 1. The van der Waals surface area contributed by atoms with Gasteiger partial charge in [0.15, 0.2) is 0 Å². The van der Waals surface area contributed by atoms with E-state index in [1.165, 1.54) is 6.07 Å². The van der Waals surface area contributed by atoms with Crippen molar-refractivity contribution in [3.05, 3.63) is 33.4 Å². The van der Waals surface area contributed by atoms with Crippen LogP contribution >= 0.6 is 43.2 Å². The molecule has 0 amide bonds. The van der Waals surface area contributed by atoms with E-state index in [0.29, 0.717) is 5.39 Å². The molecule has 68 valence electrons. The highest BCUT2D eigenvalue weighted by Gasteiger charge is 2.08. The van der Waals surface area contributed by atoms with Gasteiger partial charge >= 0.3 is 0 Å². The molecule has 0 unspecified atom stereocenters. The summed E-state index contributed by atoms with van der Waals surface area (Å²) in [5.41, 5.74) is 0. The third-order valence-electron chi connectivity index (χ3n) is 1.77. The molecular formula is C9H5Br2FS. The zero-order valence-electron chi connectivity index (χ0n) is 6.48. The molecule has 0 aliphatic carbocycles. The first-order valence-electron chi connectivity index (χ1n) is 3.65. The molecule has 1 heterocycles. The first-order valence-corrected chi connectivity index (χ1v) is 6.38. The van der Waals surface area contributed by atoms with Crippen molar-refractivity contribution in [3.8, 4) is 0 Å². The van der Waals surface area contributed by atoms with Gasteiger partial charge in [0.05, 0.1) is 4.70 Å². The van der Waals surface area contributed by atoms with E-state index in [0.717, 1.165) is 19.4 Å². The highest BCUT2D eigenvalue weighted by molar-refractivity contribution is 9.10. The van der Waals surface area contributed by atoms with Crippen LogP contribution in [-0.2, 0) is 5.33 Å². The van der Waals surface area contributed by atoms with Gasteiger partial charge in [-0.1, -0.05) is 15.9 Å². The number of fused-ring (bicyclic) bond motifs is 1. The van der Waals surface area contributed by atoms with Crippen LogP contribution in [0.15, 0.2) is 22.7 Å². The van der Waals surface area contributed by atoms with Crippen LogP contribution in [0.4, 0.5) is 4.39 Å². The van der Waals surface area contributed by atoms with Crippen molar-refractivity contribution >= 4 is 53.3 Å². The molecule has 2 aromatic rings. The topological polar surface area (TPSA) is 0 Å². The average Bonchev–Trinajstić information content (AvgIpc) is 2.56. The number of thiophene rings is 1. The maximum absolute atomic E-state index is 13.3. The van der Waals surface area contributed by atoms with Gasteiger partial charge in [-0.3, -0.25) is 0 Å². The summed E-state index contributed by atoms with van der Waals surface area (Å²) in [6.07, 6.45) is 0. The quantitative estimate of drug-likeness (QED) is 0.667. The van der Waals surface area contributed by atoms with Crippen molar-refractivity contribution in [2.45, 2.75) is 5.33 Å². The number of benzene rings is 1. The Morgan fingerprint density at radius 1 is 1.38 bits per heavy atom. The number of halogens is 3. The zero-order chi connectivity index (χ0) is 9.42. The van der Waals surface area contributed by atoms with E-state index in [2.05, 4.69) is 31.9 Å². The third kappa shape index (κ3) is 1.67. The lowest BCUT2D eigenvalue weighted by molar-refractivity contribution is 0.640. The second kappa shape index (κ2) is 3.67. The molecule has 0 saturated carbocycles. The fraction of sp³-hybridized carbons (Fsp3) is 0.111. The molecule has 1 aromatic carbocycles. The first kappa shape index (κ1) is 9.62. The smallest absolute Gasteiger partial charge is 0.131 e. The van der Waals surface area contributed by atoms with Gasteiger partial charge in [0.25, 0.3) is 0 Å². The monoisotopic (exact) mass is 322 g/mol. The van der Waals surface area contributed by atoms with Crippen LogP contribution in [0.1, 0.15) is 4.88 Å². The van der Waals surface area contributed by atoms with E-state index in [4.69, 9.17) is 0 Å². The summed E-state index contributed by atoms with van der Waals surface area (Å²) in [6.45, 7) is 0. The van der Waals surface area contributed by atoms with E-state index in [9.17, 15) is 4.39 Å². The van der Waals surface area contributed by atoms with Crippen molar-refractivity contribution in [1.29, 1.82) is 0 Å². The Morgan fingerprint density at radius 3 is 2.77 bits per heavy atom. The maximum atomic E-state index is 13.3. The Morgan fingerprint density at radius 2 is 2.15 bits per heavy atom. The van der Waals surface area contributed by atoms with Crippen LogP contribution in [0.25, 0.3) is 10.1 Å². The minimum atomic E-state index is -0.151. The summed E-state index contributed by atoms with van der Waals surface area (Å²) in [5.74, 6) is -0.151. The number of rotatable bonds is 1. The summed E-state index contributed by atoms with van der Waals surface area (Å²) in [5, 5.41) is 1.48. The van der Waals surface area contributed by atoms with Crippen molar-refractivity contribution in [3.63, 3.8) is 0 Å². The molecule has 0 aliphatic rings. The van der Waals surface area contributed by atoms with Crippen LogP contribution < -0.4 is 0 Å². The van der Waals surface area contributed by atoms with E-state index in [1.807, 2.05) is 6.07 Å². The second-order valence-electron chi connectivity index (χ2n) is 2.62. The van der Waals surface area contributed by atoms with Crippen molar-refractivity contribution in [2.24, 2.45) is 0 Å². The third-order valence-corrected chi connectivity index (χ3v) is 4.83. The lowest BCUT2D eigenvalue weighted by Gasteiger charge is -1.93. The SMILES string of the molecule is Fc1ccc(Br)c2sc(CBr)cc12. The molecule has 0 N–H and O–H groups in total. The largest absolute Gasteiger partial charge is 0.206 e. The van der Waals surface area contributed by atoms with Gasteiger partial charge in [0.1, 0.15) is 5.82 Å². The number of alkyl halides is 1. The first-order chi connectivity index (χ1) is 6.22. The highest BCUT2D eigenvalue weighted by Crippen LogP contribution is 2.34. The Bertz CT molecular complexity index is 411. The summed E-state index contributed by atoms with van der Waals surface area (Å²) in [7, 11) is 0. The molecule has 0 saturated heterocycles. The molecule has 0 aliphatic heterocycles. The van der Waals surface area contributed by atoms with Gasteiger partial charge in [0.2, 0.25) is 0 Å². The molecule has 4 heteroatoms. The van der Waals surface area contributed by atoms with Crippen LogP contribution in [0.3, 0.4) is 0 Å². The van der Waals surface area contributed by atoms with Crippen LogP contribution in [0.2, 0.25) is 0 Å². The summed E-state index contributed by atoms with van der Waals surface area (Å²) in [6, 6.07) is 5.11. The molecule has 1 aromatic heterocycles. The van der Waals surface area contributed by atoms with Gasteiger partial charge in [-0.25, -0.2) is 4.39 Å². The molecule has 0 fully saturated rings. The molecule has 0 bridgehead atoms. The van der Waals surface area contributed by atoms with Crippen molar-refractivity contribution < 1.29 is 4.39 Å². The molecule has 13 heavy (non-hydrogen) atoms. The predicted octanol–water partition coefficient (Wildman–Crippen LogP) is 4.70. The summed E-state index contributed by atoms with van der Waals surface area (Å²) >= 11 is 8.36. The summed E-state index contributed by atoms with van der Waals surface area (Å²) < 4.78 is 15.2. The van der Waals surface area contributed by atoms with Gasteiger partial charge in [0, 0.05) is 20.1 Å². The standard InChI is InChI=1S/C9H5Br2FS/c10-4-5-3-6-8(12)2-1-7(11)9(6)13-5/h1-3H,4H2. The predicted molar refractivity (Wildman–Crippen MR) is 62.1 cm³/mol. The molecule has 0 atom stereocenters. The lowest BCUT2D eigenvalue weighted by Crippen LogP contribution is -1.73. The maximum Gasteiger partial charge on any atom is 0.131 e.